The highest BCUT2D eigenvalue weighted by molar-refractivity contribution is 6.53. The largest absolute Gasteiger partial charge is 0.465 e. The molecule has 9 heteroatoms. The van der Waals surface area contributed by atoms with Crippen LogP contribution in [-0.2, 0) is 14.3 Å². The molecule has 0 aliphatic carbocycles. The van der Waals surface area contributed by atoms with Crippen LogP contribution in [0.2, 0.25) is 0 Å². The Labute approximate surface area is 206 Å². The second-order valence-corrected chi connectivity index (χ2v) is 8.08. The number of halogens is 1. The van der Waals surface area contributed by atoms with Crippen LogP contribution in [0.4, 0.5) is 17.1 Å². The minimum Gasteiger partial charge on any atom is -0.465 e. The Hall–Kier alpha value is -4.43. The zero-order chi connectivity index (χ0) is 25.1. The predicted octanol–water partition coefficient (Wildman–Crippen LogP) is 4.47. The van der Waals surface area contributed by atoms with E-state index in [1.807, 2.05) is 19.1 Å². The summed E-state index contributed by atoms with van der Waals surface area (Å²) in [4.78, 5) is 51.2. The van der Waals surface area contributed by atoms with Crippen molar-refractivity contribution in [2.24, 2.45) is 0 Å². The maximum Gasteiger partial charge on any atom is 0.337 e. The molecule has 0 aromatic heterocycles. The zero-order valence-corrected chi connectivity index (χ0v) is 19.6. The summed E-state index contributed by atoms with van der Waals surface area (Å²) in [6, 6.07) is 19.7. The van der Waals surface area contributed by atoms with Gasteiger partial charge >= 0.3 is 5.97 Å². The smallest absolute Gasteiger partial charge is 0.337 e. The molecule has 1 aliphatic heterocycles. The van der Waals surface area contributed by atoms with Crippen molar-refractivity contribution in [3.63, 3.8) is 0 Å². The third-order valence-electron chi connectivity index (χ3n) is 5.26. The van der Waals surface area contributed by atoms with Crippen LogP contribution in [0.5, 0.6) is 0 Å². The summed E-state index contributed by atoms with van der Waals surface area (Å²) in [5, 5.41) is 5.34. The summed E-state index contributed by atoms with van der Waals surface area (Å²) in [6.45, 7) is 1.95. The summed E-state index contributed by atoms with van der Waals surface area (Å²) in [7, 11) is 1.23. The second-order valence-electron chi connectivity index (χ2n) is 7.70. The second kappa shape index (κ2) is 9.82. The van der Waals surface area contributed by atoms with Crippen molar-refractivity contribution in [3.05, 3.63) is 100 Å². The van der Waals surface area contributed by atoms with Gasteiger partial charge in [-0.15, -0.1) is 0 Å². The van der Waals surface area contributed by atoms with Gasteiger partial charge in [0.15, 0.2) is 0 Å². The number of nitrogens with one attached hydrogen (secondary N) is 2. The summed E-state index contributed by atoms with van der Waals surface area (Å²) in [6.07, 6.45) is 0. The van der Waals surface area contributed by atoms with Gasteiger partial charge in [0, 0.05) is 16.9 Å². The molecule has 176 valence electrons. The molecule has 1 aliphatic rings. The highest BCUT2D eigenvalue weighted by Crippen LogP contribution is 2.31. The number of nitrogens with zero attached hydrogens (tertiary/aromatic N) is 1. The van der Waals surface area contributed by atoms with E-state index in [1.54, 1.807) is 36.4 Å². The molecule has 3 amide bonds. The van der Waals surface area contributed by atoms with E-state index in [2.05, 4.69) is 10.6 Å². The highest BCUT2D eigenvalue weighted by Gasteiger charge is 2.39. The first kappa shape index (κ1) is 23.7. The fraction of sp³-hybridized carbons (Fsp3) is 0.0769. The zero-order valence-electron chi connectivity index (χ0n) is 18.8. The summed E-state index contributed by atoms with van der Waals surface area (Å²) < 4.78 is 4.69. The summed E-state index contributed by atoms with van der Waals surface area (Å²) in [5.74, 6) is -2.39. The first-order chi connectivity index (χ1) is 16.8. The standard InChI is InChI=1S/C26H20ClN3O5/c1-15-9-11-18(12-10-15)29-23(31)16-5-3-7-19(13-16)28-22-21(27)24(32)30(25(22)33)20-8-4-6-17(14-20)26(34)35-2/h3-14,28H,1-2H3,(H,29,31). The van der Waals surface area contributed by atoms with Crippen LogP contribution in [0.3, 0.4) is 0 Å². The number of amides is 3. The Morgan fingerprint density at radius 1 is 0.857 bits per heavy atom. The van der Waals surface area contributed by atoms with Gasteiger partial charge in [0.05, 0.1) is 18.4 Å². The number of hydrogen-bond acceptors (Lipinski definition) is 6. The third-order valence-corrected chi connectivity index (χ3v) is 5.61. The number of hydrogen-bond donors (Lipinski definition) is 2. The van der Waals surface area contributed by atoms with Crippen LogP contribution < -0.4 is 15.5 Å². The molecule has 0 fully saturated rings. The Morgan fingerprint density at radius 2 is 1.54 bits per heavy atom. The van der Waals surface area contributed by atoms with Crippen LogP contribution in [-0.4, -0.2) is 30.8 Å². The molecule has 3 aromatic rings. The van der Waals surface area contributed by atoms with Crippen molar-refractivity contribution in [1.29, 1.82) is 0 Å². The van der Waals surface area contributed by atoms with E-state index in [9.17, 15) is 19.2 Å². The molecule has 0 saturated heterocycles. The first-order valence-electron chi connectivity index (χ1n) is 10.5. The number of carbonyl (C=O) groups excluding carboxylic acids is 4. The van der Waals surface area contributed by atoms with Gasteiger partial charge < -0.3 is 15.4 Å². The van der Waals surface area contributed by atoms with E-state index < -0.39 is 17.8 Å². The number of benzene rings is 3. The van der Waals surface area contributed by atoms with E-state index >= 15 is 0 Å². The Morgan fingerprint density at radius 3 is 2.26 bits per heavy atom. The number of rotatable bonds is 6. The quantitative estimate of drug-likeness (QED) is 0.391. The lowest BCUT2D eigenvalue weighted by atomic mass is 10.1. The monoisotopic (exact) mass is 489 g/mol. The topological polar surface area (TPSA) is 105 Å². The molecule has 8 nitrogen and oxygen atoms in total. The molecule has 0 saturated carbocycles. The number of ether oxygens (including phenoxy) is 1. The van der Waals surface area contributed by atoms with E-state index in [4.69, 9.17) is 16.3 Å². The number of carbonyl (C=O) groups is 4. The Bertz CT molecular complexity index is 1380. The number of anilines is 3. The molecule has 0 spiro atoms. The van der Waals surface area contributed by atoms with Crippen molar-refractivity contribution in [2.45, 2.75) is 6.92 Å². The van der Waals surface area contributed by atoms with E-state index in [0.717, 1.165) is 10.5 Å². The van der Waals surface area contributed by atoms with Crippen LogP contribution in [0.1, 0.15) is 26.3 Å². The molecule has 0 radical (unpaired) electrons. The SMILES string of the molecule is COC(=O)c1cccc(N2C(=O)C(Cl)=C(Nc3cccc(C(=O)Nc4ccc(C)cc4)c3)C2=O)c1. The lowest BCUT2D eigenvalue weighted by Crippen LogP contribution is -2.32. The van der Waals surface area contributed by atoms with E-state index in [-0.39, 0.29) is 27.9 Å². The Kier molecular flexibility index (Phi) is 6.66. The lowest BCUT2D eigenvalue weighted by molar-refractivity contribution is -0.120. The maximum atomic E-state index is 13.1. The van der Waals surface area contributed by atoms with Gasteiger partial charge in [-0.1, -0.05) is 41.4 Å². The first-order valence-corrected chi connectivity index (χ1v) is 10.9. The minimum atomic E-state index is -0.741. The average molecular weight is 490 g/mol. The van der Waals surface area contributed by atoms with Crippen molar-refractivity contribution < 1.29 is 23.9 Å². The predicted molar refractivity (Wildman–Crippen MR) is 132 cm³/mol. The van der Waals surface area contributed by atoms with Crippen molar-refractivity contribution in [1.82, 2.24) is 0 Å². The molecule has 0 bridgehead atoms. The van der Waals surface area contributed by atoms with Gasteiger partial charge in [0.1, 0.15) is 10.7 Å². The highest BCUT2D eigenvalue weighted by atomic mass is 35.5. The fourth-order valence-electron chi connectivity index (χ4n) is 3.46. The van der Waals surface area contributed by atoms with Gasteiger partial charge in [0.2, 0.25) is 0 Å². The van der Waals surface area contributed by atoms with Gasteiger partial charge in [-0.2, -0.15) is 0 Å². The molecular weight excluding hydrogens is 470 g/mol. The fourth-order valence-corrected chi connectivity index (χ4v) is 3.67. The molecule has 4 rings (SSSR count). The van der Waals surface area contributed by atoms with Crippen molar-refractivity contribution >= 4 is 52.4 Å². The summed E-state index contributed by atoms with van der Waals surface area (Å²) >= 11 is 6.20. The van der Waals surface area contributed by atoms with Crippen LogP contribution in [0.15, 0.2) is 83.5 Å². The summed E-state index contributed by atoms with van der Waals surface area (Å²) in [5.41, 5.74) is 2.65. The average Bonchev–Trinajstić information content (AvgIpc) is 3.08. The number of imide groups is 1. The molecule has 2 N–H and O–H groups in total. The normalized spacial score (nSPS) is 13.2. The molecule has 3 aromatic carbocycles. The van der Waals surface area contributed by atoms with Crippen molar-refractivity contribution in [2.75, 3.05) is 22.6 Å². The lowest BCUT2D eigenvalue weighted by Gasteiger charge is -2.16. The molecule has 35 heavy (non-hydrogen) atoms. The molecule has 0 atom stereocenters. The van der Waals surface area contributed by atoms with Gasteiger partial charge in [-0.05, 0) is 55.5 Å². The van der Waals surface area contributed by atoms with E-state index in [0.29, 0.717) is 16.9 Å². The van der Waals surface area contributed by atoms with E-state index in [1.165, 1.54) is 31.4 Å². The van der Waals surface area contributed by atoms with Crippen LogP contribution in [0.25, 0.3) is 0 Å². The molecule has 0 unspecified atom stereocenters. The molecule has 1 heterocycles. The van der Waals surface area contributed by atoms with Gasteiger partial charge in [0.25, 0.3) is 17.7 Å². The minimum absolute atomic E-state index is 0.142. The Balaban J connectivity index is 1.54. The maximum absolute atomic E-state index is 13.1. The molecular formula is C26H20ClN3O5. The van der Waals surface area contributed by atoms with Crippen LogP contribution >= 0.6 is 11.6 Å². The number of aryl methyl sites for hydroxylation is 1. The van der Waals surface area contributed by atoms with Gasteiger partial charge in [-0.3, -0.25) is 14.4 Å². The third kappa shape index (κ3) is 4.92. The number of esters is 1. The van der Waals surface area contributed by atoms with Gasteiger partial charge in [-0.25, -0.2) is 9.69 Å². The van der Waals surface area contributed by atoms with Crippen molar-refractivity contribution in [3.8, 4) is 0 Å². The number of methoxy groups -OCH3 is 1. The van der Waals surface area contributed by atoms with Crippen LogP contribution in [0, 0.1) is 6.92 Å².